The number of rotatable bonds is 3. The number of aryl methyl sites for hydroxylation is 1. The van der Waals surface area contributed by atoms with E-state index in [1.54, 1.807) is 18.6 Å². The molecule has 0 aliphatic carbocycles. The van der Waals surface area contributed by atoms with E-state index in [1.165, 1.54) is 0 Å². The minimum atomic E-state index is -0.103. The van der Waals surface area contributed by atoms with Crippen LogP contribution in [0.25, 0.3) is 0 Å². The summed E-state index contributed by atoms with van der Waals surface area (Å²) in [5, 5.41) is 3.41. The van der Waals surface area contributed by atoms with Gasteiger partial charge in [0.15, 0.2) is 0 Å². The van der Waals surface area contributed by atoms with Gasteiger partial charge in [-0.15, -0.1) is 0 Å². The first-order valence-electron chi connectivity index (χ1n) is 7.93. The molecule has 7 nitrogen and oxygen atoms in total. The Bertz CT molecular complexity index is 664. The van der Waals surface area contributed by atoms with Crippen molar-refractivity contribution in [2.45, 2.75) is 31.4 Å². The molecule has 120 valence electrons. The lowest BCUT2D eigenvalue weighted by atomic mass is 9.97. The molecule has 2 saturated heterocycles. The minimum Gasteiger partial charge on any atom is -0.371 e. The molecule has 2 aliphatic heterocycles. The van der Waals surface area contributed by atoms with Crippen LogP contribution >= 0.6 is 0 Å². The van der Waals surface area contributed by atoms with E-state index in [-0.39, 0.29) is 11.6 Å². The fourth-order valence-corrected chi connectivity index (χ4v) is 3.37. The monoisotopic (exact) mass is 312 g/mol. The zero-order valence-corrected chi connectivity index (χ0v) is 13.1. The molecule has 1 spiro atoms. The summed E-state index contributed by atoms with van der Waals surface area (Å²) in [7, 11) is 0. The maximum absolute atomic E-state index is 6.15. The van der Waals surface area contributed by atoms with Crippen LogP contribution in [-0.4, -0.2) is 51.3 Å². The van der Waals surface area contributed by atoms with Gasteiger partial charge in [0.25, 0.3) is 0 Å². The van der Waals surface area contributed by atoms with E-state index in [1.807, 2.05) is 19.3 Å². The maximum Gasteiger partial charge on any atom is 0.225 e. The highest BCUT2D eigenvalue weighted by Crippen LogP contribution is 2.36. The van der Waals surface area contributed by atoms with Crippen molar-refractivity contribution in [2.24, 2.45) is 0 Å². The Morgan fingerprint density at radius 2 is 2.09 bits per heavy atom. The van der Waals surface area contributed by atoms with Gasteiger partial charge < -0.3 is 15.0 Å². The summed E-state index contributed by atoms with van der Waals surface area (Å²) in [6.07, 6.45) is 10.8. The fourth-order valence-electron chi connectivity index (χ4n) is 3.37. The van der Waals surface area contributed by atoms with E-state index >= 15 is 0 Å². The van der Waals surface area contributed by atoms with Crippen molar-refractivity contribution in [3.05, 3.63) is 36.5 Å². The average Bonchev–Trinajstić information content (AvgIpc) is 3.16. The third-order valence-electron chi connectivity index (χ3n) is 4.49. The molecular weight excluding hydrogens is 292 g/mol. The van der Waals surface area contributed by atoms with E-state index in [2.05, 4.69) is 30.2 Å². The van der Waals surface area contributed by atoms with E-state index < -0.39 is 0 Å². The van der Waals surface area contributed by atoms with Crippen molar-refractivity contribution >= 4 is 11.8 Å². The van der Waals surface area contributed by atoms with Gasteiger partial charge >= 0.3 is 0 Å². The molecule has 2 aliphatic rings. The van der Waals surface area contributed by atoms with Gasteiger partial charge in [-0.05, 0) is 18.9 Å². The summed E-state index contributed by atoms with van der Waals surface area (Å²) in [6.45, 7) is 4.47. The molecule has 0 saturated carbocycles. The Hall–Kier alpha value is -2.28. The van der Waals surface area contributed by atoms with Crippen molar-refractivity contribution in [1.82, 2.24) is 19.9 Å². The lowest BCUT2D eigenvalue weighted by molar-refractivity contribution is 0.0228. The number of nitrogens with zero attached hydrogens (tertiary/aromatic N) is 5. The molecule has 2 atom stereocenters. The van der Waals surface area contributed by atoms with Crippen LogP contribution < -0.4 is 10.2 Å². The summed E-state index contributed by atoms with van der Waals surface area (Å²) < 4.78 is 6.15. The Morgan fingerprint density at radius 3 is 2.87 bits per heavy atom. The molecule has 0 amide bonds. The van der Waals surface area contributed by atoms with Gasteiger partial charge in [-0.1, -0.05) is 0 Å². The highest BCUT2D eigenvalue weighted by Gasteiger charge is 2.46. The molecule has 4 heterocycles. The van der Waals surface area contributed by atoms with Gasteiger partial charge in [0.1, 0.15) is 5.82 Å². The van der Waals surface area contributed by atoms with Gasteiger partial charge in [-0.25, -0.2) is 15.0 Å². The molecule has 2 aromatic heterocycles. The highest BCUT2D eigenvalue weighted by molar-refractivity contribution is 5.36. The number of anilines is 2. The SMILES string of the molecule is Cc1cnc(N2CCC3(CC(Nc4cnccn4)CO3)C2)nc1. The van der Waals surface area contributed by atoms with Crippen molar-refractivity contribution in [1.29, 1.82) is 0 Å². The molecule has 23 heavy (non-hydrogen) atoms. The third-order valence-corrected chi connectivity index (χ3v) is 4.49. The van der Waals surface area contributed by atoms with Gasteiger partial charge in [-0.3, -0.25) is 4.98 Å². The Morgan fingerprint density at radius 1 is 1.22 bits per heavy atom. The van der Waals surface area contributed by atoms with E-state index in [0.717, 1.165) is 43.3 Å². The van der Waals surface area contributed by atoms with Crippen molar-refractivity contribution in [3.63, 3.8) is 0 Å². The third kappa shape index (κ3) is 2.96. The maximum atomic E-state index is 6.15. The van der Waals surface area contributed by atoms with Crippen LogP contribution in [0.3, 0.4) is 0 Å². The summed E-state index contributed by atoms with van der Waals surface area (Å²) in [5.41, 5.74) is 0.974. The first-order valence-corrected chi connectivity index (χ1v) is 7.93. The second-order valence-electron chi connectivity index (χ2n) is 6.36. The van der Waals surface area contributed by atoms with E-state index in [4.69, 9.17) is 4.74 Å². The number of nitrogens with one attached hydrogen (secondary N) is 1. The fraction of sp³-hybridized carbons (Fsp3) is 0.500. The van der Waals surface area contributed by atoms with Crippen LogP contribution in [0.4, 0.5) is 11.8 Å². The Balaban J connectivity index is 1.40. The summed E-state index contributed by atoms with van der Waals surface area (Å²) in [6, 6.07) is 0.269. The quantitative estimate of drug-likeness (QED) is 0.918. The van der Waals surface area contributed by atoms with Crippen molar-refractivity contribution in [3.8, 4) is 0 Å². The van der Waals surface area contributed by atoms with Crippen LogP contribution in [0, 0.1) is 6.92 Å². The van der Waals surface area contributed by atoms with Gasteiger partial charge in [-0.2, -0.15) is 0 Å². The van der Waals surface area contributed by atoms with E-state index in [9.17, 15) is 0 Å². The lowest BCUT2D eigenvalue weighted by Crippen LogP contribution is -2.34. The minimum absolute atomic E-state index is 0.103. The second kappa shape index (κ2) is 5.73. The predicted octanol–water partition coefficient (Wildman–Crippen LogP) is 1.42. The standard InChI is InChI=1S/C16H20N6O/c1-12-7-19-15(20-8-12)22-5-2-16(11-22)6-13(10-23-16)21-14-9-17-3-4-18-14/h3-4,7-9,13H,2,5-6,10-11H2,1H3,(H,18,21). The average molecular weight is 312 g/mol. The molecule has 0 bridgehead atoms. The zero-order valence-electron chi connectivity index (χ0n) is 13.1. The van der Waals surface area contributed by atoms with Crippen LogP contribution in [0.15, 0.2) is 31.0 Å². The van der Waals surface area contributed by atoms with Gasteiger partial charge in [0.05, 0.1) is 31.0 Å². The number of aromatic nitrogens is 4. The molecule has 2 fully saturated rings. The van der Waals surface area contributed by atoms with Crippen LogP contribution in [0.5, 0.6) is 0 Å². The first kappa shape index (κ1) is 14.3. The zero-order chi connectivity index (χ0) is 15.7. The van der Waals surface area contributed by atoms with Gasteiger partial charge in [0.2, 0.25) is 5.95 Å². The summed E-state index contributed by atoms with van der Waals surface area (Å²) in [4.78, 5) is 19.4. The van der Waals surface area contributed by atoms with Crippen molar-refractivity contribution < 1.29 is 4.74 Å². The molecule has 4 rings (SSSR count). The Labute approximate surface area is 135 Å². The van der Waals surface area contributed by atoms with E-state index in [0.29, 0.717) is 6.61 Å². The topological polar surface area (TPSA) is 76.1 Å². The molecule has 7 heteroatoms. The molecule has 0 radical (unpaired) electrons. The molecule has 1 N–H and O–H groups in total. The normalized spacial score (nSPS) is 26.8. The molecule has 2 aromatic rings. The van der Waals surface area contributed by atoms with Crippen LogP contribution in [-0.2, 0) is 4.74 Å². The summed E-state index contributed by atoms with van der Waals surface area (Å²) in [5.74, 6) is 1.59. The molecule has 0 aromatic carbocycles. The number of hydrogen-bond donors (Lipinski definition) is 1. The van der Waals surface area contributed by atoms with Crippen LogP contribution in [0.2, 0.25) is 0 Å². The lowest BCUT2D eigenvalue weighted by Gasteiger charge is -2.23. The summed E-state index contributed by atoms with van der Waals surface area (Å²) >= 11 is 0. The van der Waals surface area contributed by atoms with Gasteiger partial charge in [0, 0.05) is 37.8 Å². The van der Waals surface area contributed by atoms with Crippen LogP contribution in [0.1, 0.15) is 18.4 Å². The number of ether oxygens (including phenoxy) is 1. The predicted molar refractivity (Wildman–Crippen MR) is 86.3 cm³/mol. The van der Waals surface area contributed by atoms with Crippen molar-refractivity contribution in [2.75, 3.05) is 29.9 Å². The highest BCUT2D eigenvalue weighted by atomic mass is 16.5. The molecular formula is C16H20N6O. The largest absolute Gasteiger partial charge is 0.371 e. The molecule has 2 unspecified atom stereocenters. The Kier molecular flexibility index (Phi) is 3.57. The number of hydrogen-bond acceptors (Lipinski definition) is 7. The first-order chi connectivity index (χ1) is 11.2. The smallest absolute Gasteiger partial charge is 0.225 e. The second-order valence-corrected chi connectivity index (χ2v) is 6.36.